The summed E-state index contributed by atoms with van der Waals surface area (Å²) in [6.07, 6.45) is 0.835. The molecule has 4 heterocycles. The van der Waals surface area contributed by atoms with Gasteiger partial charge in [-0.2, -0.15) is 0 Å². The lowest BCUT2D eigenvalue weighted by Crippen LogP contribution is -2.42. The van der Waals surface area contributed by atoms with Gasteiger partial charge in [-0.1, -0.05) is 17.4 Å². The fraction of sp³-hybridized carbons (Fsp3) is 0.385. The first-order valence-electron chi connectivity index (χ1n) is 12.2. The largest absolute Gasteiger partial charge is 0.497 e. The highest BCUT2D eigenvalue weighted by molar-refractivity contribution is 8.00. The van der Waals surface area contributed by atoms with E-state index < -0.39 is 17.7 Å². The highest BCUT2D eigenvalue weighted by atomic mass is 32.2. The number of amides is 3. The topological polar surface area (TPSA) is 109 Å². The SMILES string of the molecule is COc1ccc(NC(=O)CN2C(=O)C3C4CC(C3C2=O)C2C4Sc3[nH]c(=O)sc3[C@@H]2c2cccs2)cc1. The van der Waals surface area contributed by atoms with Crippen LogP contribution in [0.1, 0.15) is 22.1 Å². The molecule has 8 nitrogen and oxygen atoms in total. The highest BCUT2D eigenvalue weighted by Crippen LogP contribution is 2.68. The zero-order chi connectivity index (χ0) is 25.4. The monoisotopic (exact) mass is 553 g/mol. The van der Waals surface area contributed by atoms with Crippen molar-refractivity contribution in [1.29, 1.82) is 0 Å². The molecule has 2 aromatic heterocycles. The zero-order valence-electron chi connectivity index (χ0n) is 19.7. The number of hydrogen-bond donors (Lipinski definition) is 2. The normalized spacial score (nSPS) is 31.3. The molecule has 2 N–H and O–H groups in total. The van der Waals surface area contributed by atoms with Crippen molar-refractivity contribution in [2.24, 2.45) is 29.6 Å². The second-order valence-corrected chi connectivity index (χ2v) is 13.2. The van der Waals surface area contributed by atoms with Gasteiger partial charge in [-0.15, -0.1) is 23.1 Å². The van der Waals surface area contributed by atoms with Crippen LogP contribution in [0.15, 0.2) is 51.6 Å². The molecule has 2 bridgehead atoms. The first kappa shape index (κ1) is 23.2. The maximum Gasteiger partial charge on any atom is 0.305 e. The molecule has 37 heavy (non-hydrogen) atoms. The maximum absolute atomic E-state index is 13.6. The Labute approximate surface area is 224 Å². The van der Waals surface area contributed by atoms with Gasteiger partial charge in [-0.05, 0) is 59.9 Å². The van der Waals surface area contributed by atoms with Crippen LogP contribution in [0.4, 0.5) is 5.69 Å². The van der Waals surface area contributed by atoms with Gasteiger partial charge >= 0.3 is 4.87 Å². The number of benzene rings is 1. The lowest BCUT2D eigenvalue weighted by atomic mass is 9.69. The van der Waals surface area contributed by atoms with Crippen LogP contribution in [0.3, 0.4) is 0 Å². The van der Waals surface area contributed by atoms with Crippen LogP contribution in [0.25, 0.3) is 0 Å². The van der Waals surface area contributed by atoms with Gasteiger partial charge in [0.05, 0.1) is 24.0 Å². The molecule has 4 aliphatic rings. The molecular formula is C26H23N3O5S3. The molecular weight excluding hydrogens is 531 g/mol. The third kappa shape index (κ3) is 3.47. The highest BCUT2D eigenvalue weighted by Gasteiger charge is 2.69. The van der Waals surface area contributed by atoms with Crippen LogP contribution in [-0.4, -0.2) is 46.5 Å². The lowest BCUT2D eigenvalue weighted by Gasteiger charge is -2.42. The van der Waals surface area contributed by atoms with Crippen molar-refractivity contribution in [3.63, 3.8) is 0 Å². The fourth-order valence-corrected chi connectivity index (χ4v) is 10.9. The molecule has 3 fully saturated rings. The van der Waals surface area contributed by atoms with Gasteiger partial charge in [0.15, 0.2) is 0 Å². The predicted molar refractivity (Wildman–Crippen MR) is 141 cm³/mol. The van der Waals surface area contributed by atoms with E-state index in [0.717, 1.165) is 16.3 Å². The number of anilines is 1. The number of likely N-dealkylation sites (tertiary alicyclic amines) is 1. The standard InChI is InChI=1S/C26H23N3O5S3/c1-34-12-6-4-11(5-7-12)27-16(30)10-29-24(31)18-13-9-14(19(18)25(29)32)21-17(13)20(15-3-2-8-35-15)22-23(36-21)28-26(33)37-22/h2-8,13-14,17-21H,9-10H2,1H3,(H,27,30)(H,28,33)/t13?,14?,17?,18?,19?,20-,21?/m1/s1. The summed E-state index contributed by atoms with van der Waals surface area (Å²) in [5, 5.41) is 5.89. The molecule has 7 atom stereocenters. The third-order valence-corrected chi connectivity index (χ3v) is 11.9. The van der Waals surface area contributed by atoms with Crippen LogP contribution in [0, 0.1) is 29.6 Å². The number of thioether (sulfide) groups is 1. The summed E-state index contributed by atoms with van der Waals surface area (Å²) in [5.74, 6) is -0.644. The number of rotatable bonds is 5. The molecule has 7 rings (SSSR count). The summed E-state index contributed by atoms with van der Waals surface area (Å²) < 4.78 is 5.14. The van der Waals surface area contributed by atoms with E-state index in [2.05, 4.69) is 16.4 Å². The summed E-state index contributed by atoms with van der Waals surface area (Å²) >= 11 is 4.61. The molecule has 0 spiro atoms. The number of aromatic nitrogens is 1. The average molecular weight is 554 g/mol. The number of carbonyl (C=O) groups excluding carboxylic acids is 3. The average Bonchev–Trinajstić information content (AvgIpc) is 3.70. The van der Waals surface area contributed by atoms with E-state index in [-0.39, 0.29) is 52.2 Å². The van der Waals surface area contributed by atoms with Gasteiger partial charge in [0, 0.05) is 26.6 Å². The van der Waals surface area contributed by atoms with E-state index in [1.807, 2.05) is 11.4 Å². The lowest BCUT2D eigenvalue weighted by molar-refractivity contribution is -0.143. The van der Waals surface area contributed by atoms with Crippen molar-refractivity contribution in [3.8, 4) is 5.75 Å². The molecule has 3 aromatic rings. The number of nitrogens with zero attached hydrogens (tertiary/aromatic N) is 1. The smallest absolute Gasteiger partial charge is 0.305 e. The number of fused-ring (bicyclic) bond motifs is 9. The summed E-state index contributed by atoms with van der Waals surface area (Å²) in [6, 6.07) is 11.0. The van der Waals surface area contributed by atoms with E-state index in [1.165, 1.54) is 21.1 Å². The third-order valence-electron chi connectivity index (χ3n) is 8.34. The minimum atomic E-state index is -0.401. The number of hydrogen-bond acceptors (Lipinski definition) is 8. The van der Waals surface area contributed by atoms with Crippen molar-refractivity contribution >= 4 is 57.8 Å². The van der Waals surface area contributed by atoms with Gasteiger partial charge in [0.25, 0.3) is 0 Å². The Morgan fingerprint density at radius 3 is 2.57 bits per heavy atom. The second-order valence-electron chi connectivity index (χ2n) is 10.0. The van der Waals surface area contributed by atoms with E-state index in [4.69, 9.17) is 4.74 Å². The number of methoxy groups -OCH3 is 1. The summed E-state index contributed by atoms with van der Waals surface area (Å²) in [7, 11) is 1.57. The molecule has 0 radical (unpaired) electrons. The van der Waals surface area contributed by atoms with Crippen molar-refractivity contribution in [2.75, 3.05) is 19.0 Å². The number of ether oxygens (including phenoxy) is 1. The summed E-state index contributed by atoms with van der Waals surface area (Å²) in [5.41, 5.74) is 0.575. The number of imide groups is 1. The Hall–Kier alpha value is -2.89. The Balaban J connectivity index is 1.15. The van der Waals surface area contributed by atoms with E-state index >= 15 is 0 Å². The number of carbonyl (C=O) groups is 3. The molecule has 2 aliphatic carbocycles. The molecule has 1 aromatic carbocycles. The molecule has 1 saturated heterocycles. The molecule has 3 amide bonds. The Bertz CT molecular complexity index is 1460. The molecule has 2 aliphatic heterocycles. The number of aromatic amines is 1. The van der Waals surface area contributed by atoms with E-state index in [1.54, 1.807) is 54.5 Å². The number of nitrogens with one attached hydrogen (secondary N) is 2. The minimum Gasteiger partial charge on any atom is -0.497 e. The summed E-state index contributed by atoms with van der Waals surface area (Å²) in [4.78, 5) is 58.6. The van der Waals surface area contributed by atoms with Crippen LogP contribution < -0.4 is 14.9 Å². The Morgan fingerprint density at radius 2 is 1.86 bits per heavy atom. The predicted octanol–water partition coefficient (Wildman–Crippen LogP) is 3.62. The van der Waals surface area contributed by atoms with Crippen LogP contribution in [0.2, 0.25) is 0 Å². The van der Waals surface area contributed by atoms with Crippen molar-refractivity contribution in [3.05, 3.63) is 61.2 Å². The fourth-order valence-electron chi connectivity index (χ4n) is 7.04. The summed E-state index contributed by atoms with van der Waals surface area (Å²) in [6.45, 7) is -0.284. The maximum atomic E-state index is 13.6. The van der Waals surface area contributed by atoms with Gasteiger partial charge in [-0.3, -0.25) is 24.1 Å². The minimum absolute atomic E-state index is 0.0510. The molecule has 2 saturated carbocycles. The Kier molecular flexibility index (Phi) is 5.38. The van der Waals surface area contributed by atoms with Crippen LogP contribution in [-0.2, 0) is 14.4 Å². The van der Waals surface area contributed by atoms with E-state index in [9.17, 15) is 19.2 Å². The molecule has 190 valence electrons. The van der Waals surface area contributed by atoms with Crippen molar-refractivity contribution < 1.29 is 19.1 Å². The van der Waals surface area contributed by atoms with Crippen molar-refractivity contribution in [1.82, 2.24) is 9.88 Å². The van der Waals surface area contributed by atoms with Gasteiger partial charge < -0.3 is 15.0 Å². The van der Waals surface area contributed by atoms with E-state index in [0.29, 0.717) is 11.4 Å². The zero-order valence-corrected chi connectivity index (χ0v) is 22.2. The quantitative estimate of drug-likeness (QED) is 0.468. The molecule has 11 heteroatoms. The first-order chi connectivity index (χ1) is 17.9. The van der Waals surface area contributed by atoms with Crippen LogP contribution in [0.5, 0.6) is 5.75 Å². The van der Waals surface area contributed by atoms with Gasteiger partial charge in [0.2, 0.25) is 17.7 Å². The second kappa shape index (κ2) is 8.57. The number of thiazole rings is 1. The molecule has 6 unspecified atom stereocenters. The van der Waals surface area contributed by atoms with Gasteiger partial charge in [-0.25, -0.2) is 0 Å². The number of H-pyrrole nitrogens is 1. The van der Waals surface area contributed by atoms with Crippen LogP contribution >= 0.6 is 34.4 Å². The first-order valence-corrected chi connectivity index (χ1v) is 14.7. The Morgan fingerprint density at radius 1 is 1.11 bits per heavy atom. The van der Waals surface area contributed by atoms with Crippen molar-refractivity contribution in [2.45, 2.75) is 22.6 Å². The van der Waals surface area contributed by atoms with Gasteiger partial charge in [0.1, 0.15) is 12.3 Å². The number of thiophene rings is 1.